The Morgan fingerprint density at radius 1 is 0.507 bits per heavy atom. The molecule has 0 N–H and O–H groups in total. The molecule has 5 aromatic carbocycles. The molecule has 19 rings (SSSR count). The van der Waals surface area contributed by atoms with E-state index in [1.807, 2.05) is 44.3 Å². The van der Waals surface area contributed by atoms with E-state index < -0.39 is 0 Å². The number of hydrogen-bond acceptors (Lipinski definition) is 1. The third-order valence-corrected chi connectivity index (χ3v) is 23.1. The normalized spacial score (nSPS) is 37.2. The number of rotatable bonds is 14. The van der Waals surface area contributed by atoms with Crippen molar-refractivity contribution in [2.75, 3.05) is 6.61 Å². The Morgan fingerprint density at radius 2 is 1.18 bits per heavy atom. The van der Waals surface area contributed by atoms with Crippen LogP contribution >= 0.6 is 0 Å². The van der Waals surface area contributed by atoms with Crippen molar-refractivity contribution in [2.24, 2.45) is 17.8 Å². The zero-order valence-electron chi connectivity index (χ0n) is 39.4. The molecule has 14 aliphatic rings. The molecule has 0 saturated heterocycles. The Balaban J connectivity index is 0.858. The van der Waals surface area contributed by atoms with Crippen LogP contribution in [-0.2, 0) is 16.2 Å². The summed E-state index contributed by atoms with van der Waals surface area (Å²) in [5, 5.41) is 3.62. The SMILES string of the molecule is CCCCCCCCCCCCOc1ccc(C2(c3ccc(C)cc3)C34C5=C6C=CC7c8c6c3c3c6c8C8C7C=CC7C9CCC%10c%11c9c(c-6c6c-3c3c9c(c%116)C%10CCC9C(C=C5)C342)C78)cc1. The predicted octanol–water partition coefficient (Wildman–Crippen LogP) is 16.2. The maximum absolute atomic E-state index is 6.67. The average molecular weight is 869 g/mol. The van der Waals surface area contributed by atoms with E-state index >= 15 is 0 Å². The molecule has 0 bridgehead atoms. The highest BCUT2D eigenvalue weighted by Crippen LogP contribution is 2.98. The maximum Gasteiger partial charge on any atom is 0.119 e. The molecule has 5 aromatic rings. The van der Waals surface area contributed by atoms with Crippen LogP contribution in [0.2, 0.25) is 0 Å². The molecule has 67 heavy (non-hydrogen) atoms. The minimum absolute atomic E-state index is 0.0682. The van der Waals surface area contributed by atoms with Crippen molar-refractivity contribution >= 4 is 16.3 Å². The van der Waals surface area contributed by atoms with Crippen molar-refractivity contribution < 1.29 is 4.74 Å². The molecule has 1 saturated carbocycles. The third kappa shape index (κ3) is 3.31. The summed E-state index contributed by atoms with van der Waals surface area (Å²) >= 11 is 0. The first-order valence-electron chi connectivity index (χ1n) is 27.8. The summed E-state index contributed by atoms with van der Waals surface area (Å²) in [7, 11) is 0. The molecule has 0 heterocycles. The van der Waals surface area contributed by atoms with E-state index in [9.17, 15) is 0 Å². The topological polar surface area (TPSA) is 9.23 Å². The quantitative estimate of drug-likeness (QED) is 0.0783. The van der Waals surface area contributed by atoms with E-state index in [-0.39, 0.29) is 16.2 Å². The molecule has 0 aromatic heterocycles. The predicted molar refractivity (Wildman–Crippen MR) is 270 cm³/mol. The van der Waals surface area contributed by atoms with Gasteiger partial charge in [-0.05, 0) is 215 Å². The van der Waals surface area contributed by atoms with Crippen LogP contribution in [0.3, 0.4) is 0 Å². The van der Waals surface area contributed by atoms with E-state index in [2.05, 4.69) is 98.8 Å². The van der Waals surface area contributed by atoms with E-state index in [0.29, 0.717) is 47.3 Å². The van der Waals surface area contributed by atoms with Gasteiger partial charge in [-0.2, -0.15) is 0 Å². The summed E-state index contributed by atoms with van der Waals surface area (Å²) in [6, 6.07) is 20.1. The zero-order chi connectivity index (χ0) is 43.2. The smallest absolute Gasteiger partial charge is 0.119 e. The lowest BCUT2D eigenvalue weighted by atomic mass is 9.62. The Bertz CT molecular complexity index is 3400. The highest BCUT2D eigenvalue weighted by Gasteiger charge is 2.97. The molecule has 0 aliphatic heterocycles. The number of aryl methyl sites for hydroxylation is 1. The largest absolute Gasteiger partial charge is 0.494 e. The number of allylic oxidation sites excluding steroid dienone is 8. The van der Waals surface area contributed by atoms with Gasteiger partial charge >= 0.3 is 0 Å². The van der Waals surface area contributed by atoms with Gasteiger partial charge in [0.1, 0.15) is 5.75 Å². The van der Waals surface area contributed by atoms with E-state index in [0.717, 1.165) is 30.6 Å². The fourth-order valence-electron chi connectivity index (χ4n) is 21.7. The fraction of sp³-hybridized carbons (Fsp3) is 0.455. The molecule has 1 heteroatoms. The van der Waals surface area contributed by atoms with Crippen molar-refractivity contribution in [2.45, 2.75) is 161 Å². The van der Waals surface area contributed by atoms with Gasteiger partial charge < -0.3 is 4.74 Å². The van der Waals surface area contributed by atoms with Crippen LogP contribution in [0, 0.1) is 24.7 Å². The van der Waals surface area contributed by atoms with Gasteiger partial charge in [0.15, 0.2) is 0 Å². The summed E-state index contributed by atoms with van der Waals surface area (Å²) in [4.78, 5) is 0. The second-order valence-corrected chi connectivity index (χ2v) is 24.8. The summed E-state index contributed by atoms with van der Waals surface area (Å²) in [5.41, 5.74) is 32.9. The summed E-state index contributed by atoms with van der Waals surface area (Å²) in [6.07, 6.45) is 35.7. The molecular weight excluding hydrogens is 809 g/mol. The van der Waals surface area contributed by atoms with Crippen LogP contribution in [0.25, 0.3) is 38.6 Å². The maximum atomic E-state index is 6.67. The highest BCUT2D eigenvalue weighted by molar-refractivity contribution is 6.27. The molecule has 1 nitrogen and oxygen atoms in total. The van der Waals surface area contributed by atoms with E-state index in [4.69, 9.17) is 4.74 Å². The second kappa shape index (κ2) is 11.4. The lowest BCUT2D eigenvalue weighted by Crippen LogP contribution is -2.33. The van der Waals surface area contributed by atoms with Gasteiger partial charge in [-0.15, -0.1) is 0 Å². The van der Waals surface area contributed by atoms with Crippen molar-refractivity contribution in [3.05, 3.63) is 163 Å². The second-order valence-electron chi connectivity index (χ2n) is 24.8. The first-order chi connectivity index (χ1) is 33.2. The first kappa shape index (κ1) is 36.2. The van der Waals surface area contributed by atoms with Crippen molar-refractivity contribution in [3.8, 4) is 28.0 Å². The first-order valence-corrected chi connectivity index (χ1v) is 27.8. The number of ether oxygens (including phenoxy) is 1. The minimum Gasteiger partial charge on any atom is -0.494 e. The molecule has 13 atom stereocenters. The van der Waals surface area contributed by atoms with Crippen LogP contribution in [0.15, 0.2) is 90.6 Å². The lowest BCUT2D eigenvalue weighted by molar-refractivity contribution is 0.304. The van der Waals surface area contributed by atoms with Crippen molar-refractivity contribution in [1.82, 2.24) is 0 Å². The van der Waals surface area contributed by atoms with Gasteiger partial charge in [0.2, 0.25) is 0 Å². The summed E-state index contributed by atoms with van der Waals surface area (Å²) in [6.45, 7) is 5.43. The molecule has 330 valence electrons. The van der Waals surface area contributed by atoms with Gasteiger partial charge in [0, 0.05) is 22.2 Å². The van der Waals surface area contributed by atoms with Crippen LogP contribution in [0.1, 0.15) is 211 Å². The van der Waals surface area contributed by atoms with Crippen LogP contribution in [0.4, 0.5) is 0 Å². The van der Waals surface area contributed by atoms with Crippen molar-refractivity contribution in [3.63, 3.8) is 0 Å². The monoisotopic (exact) mass is 868 g/mol. The van der Waals surface area contributed by atoms with Crippen molar-refractivity contribution in [1.29, 1.82) is 0 Å². The third-order valence-electron chi connectivity index (χ3n) is 23.1. The van der Waals surface area contributed by atoms with Crippen LogP contribution in [-0.4, -0.2) is 6.61 Å². The highest BCUT2D eigenvalue weighted by atomic mass is 16.5. The number of unbranched alkanes of at least 4 members (excludes halogenated alkanes) is 9. The van der Waals surface area contributed by atoms with Gasteiger partial charge in [0.25, 0.3) is 0 Å². The van der Waals surface area contributed by atoms with E-state index in [1.54, 1.807) is 61.0 Å². The molecule has 14 aliphatic carbocycles. The lowest BCUT2D eigenvalue weighted by Gasteiger charge is -2.40. The fourth-order valence-corrected chi connectivity index (χ4v) is 21.7. The van der Waals surface area contributed by atoms with Gasteiger partial charge in [0.05, 0.1) is 6.61 Å². The molecule has 0 radical (unpaired) electrons. The van der Waals surface area contributed by atoms with Crippen LogP contribution < -0.4 is 4.74 Å². The number of benzene rings is 5. The molecule has 2 spiro atoms. The average Bonchev–Trinajstić information content (AvgIpc) is 4.00. The Labute approximate surface area is 395 Å². The molecule has 13 unspecified atom stereocenters. The number of fused-ring (bicyclic) bond motifs is 4. The van der Waals surface area contributed by atoms with Crippen LogP contribution in [0.5, 0.6) is 5.75 Å². The molecular formula is C66H60O. The molecule has 1 fully saturated rings. The summed E-state index contributed by atoms with van der Waals surface area (Å²) in [5.74, 6) is 7.31. The number of hydrogen-bond donors (Lipinski definition) is 0. The zero-order valence-corrected chi connectivity index (χ0v) is 39.4. The Morgan fingerprint density at radius 3 is 1.97 bits per heavy atom. The van der Waals surface area contributed by atoms with Gasteiger partial charge in [-0.25, -0.2) is 0 Å². The summed E-state index contributed by atoms with van der Waals surface area (Å²) < 4.78 is 6.67. The Kier molecular flexibility index (Phi) is 6.16. The van der Waals surface area contributed by atoms with Gasteiger partial charge in [-0.1, -0.05) is 143 Å². The van der Waals surface area contributed by atoms with E-state index in [1.165, 1.54) is 94.6 Å². The Hall–Kier alpha value is -4.88. The standard InChI is InChI=1S/C66H60O/c1-3-4-5-6-7-8-9-10-11-12-31-67-35-19-17-34(18-20-35)64(33-15-13-32(2)14-16-33)65-44-29-30-45-43-28-26-41-39-24-22-37-36-21-23-38-40-25-27-42(44)52-50(40)55-48(38)46(36)54-47(37)49(39)56-51(41)53(43)63(66(45,64)65)61-59(56)57(54)58(55)60(61)62(52)65/h13-21,23,25,27,29-30,36-41,43,45-46,48H,3-12,22,24,26,28,31H2,1-2H3. The van der Waals surface area contributed by atoms with Gasteiger partial charge in [-0.3, -0.25) is 0 Å². The minimum atomic E-state index is -0.233. The molecule has 0 amide bonds.